The predicted octanol–water partition coefficient (Wildman–Crippen LogP) is 1.77. The van der Waals surface area contributed by atoms with Gasteiger partial charge in [-0.05, 0) is 12.8 Å². The lowest BCUT2D eigenvalue weighted by atomic mass is 9.81. The van der Waals surface area contributed by atoms with Gasteiger partial charge in [-0.15, -0.1) is 11.3 Å². The van der Waals surface area contributed by atoms with Crippen LogP contribution in [0.25, 0.3) is 0 Å². The number of carbonyl (C=O) groups excluding carboxylic acids is 1. The molecule has 82 valence electrons. The summed E-state index contributed by atoms with van der Waals surface area (Å²) in [7, 11) is 0. The Balaban J connectivity index is 1.95. The third-order valence-electron chi connectivity index (χ3n) is 3.04. The van der Waals surface area contributed by atoms with Gasteiger partial charge in [0.25, 0.3) is 0 Å². The van der Waals surface area contributed by atoms with Crippen LogP contribution in [0.3, 0.4) is 0 Å². The van der Waals surface area contributed by atoms with Gasteiger partial charge in [0, 0.05) is 23.5 Å². The molecule has 2 unspecified atom stereocenters. The number of thiazole rings is 1. The summed E-state index contributed by atoms with van der Waals surface area (Å²) in [6.45, 7) is 0. The monoisotopic (exact) mass is 224 g/mol. The van der Waals surface area contributed by atoms with Gasteiger partial charge in [-0.2, -0.15) is 0 Å². The smallest absolute Gasteiger partial charge is 0.144 e. The van der Waals surface area contributed by atoms with E-state index >= 15 is 0 Å². The second-order valence-electron chi connectivity index (χ2n) is 4.12. The van der Waals surface area contributed by atoms with Gasteiger partial charge in [-0.25, -0.2) is 4.98 Å². The summed E-state index contributed by atoms with van der Waals surface area (Å²) in [5.41, 5.74) is 5.97. The molecular weight excluding hydrogens is 208 g/mol. The number of aromatic nitrogens is 1. The molecule has 2 atom stereocenters. The van der Waals surface area contributed by atoms with Crippen molar-refractivity contribution in [1.29, 1.82) is 0 Å². The first-order chi connectivity index (χ1) is 7.27. The number of rotatable bonds is 3. The van der Waals surface area contributed by atoms with Gasteiger partial charge in [0.15, 0.2) is 0 Å². The van der Waals surface area contributed by atoms with Gasteiger partial charge >= 0.3 is 0 Å². The molecule has 0 aromatic carbocycles. The zero-order valence-electron chi connectivity index (χ0n) is 8.69. The molecule has 1 heterocycles. The van der Waals surface area contributed by atoms with Crippen molar-refractivity contribution in [2.24, 2.45) is 11.7 Å². The Labute approximate surface area is 93.7 Å². The third kappa shape index (κ3) is 2.63. The lowest BCUT2D eigenvalue weighted by Crippen LogP contribution is -2.38. The maximum Gasteiger partial charge on any atom is 0.144 e. The summed E-state index contributed by atoms with van der Waals surface area (Å²) in [5.74, 6) is 0.347. The lowest BCUT2D eigenvalue weighted by Gasteiger charge is -2.26. The number of carbonyl (C=O) groups is 1. The normalized spacial score (nSPS) is 26.5. The van der Waals surface area contributed by atoms with Crippen LogP contribution in [0.2, 0.25) is 0 Å². The number of nitrogens with zero attached hydrogens (tertiary/aromatic N) is 1. The number of hydrogen-bond acceptors (Lipinski definition) is 4. The van der Waals surface area contributed by atoms with E-state index in [1.54, 1.807) is 17.5 Å². The van der Waals surface area contributed by atoms with Gasteiger partial charge < -0.3 is 5.73 Å². The van der Waals surface area contributed by atoms with Gasteiger partial charge in [0.05, 0.1) is 11.4 Å². The van der Waals surface area contributed by atoms with Crippen LogP contribution in [-0.4, -0.2) is 16.8 Å². The van der Waals surface area contributed by atoms with Crippen molar-refractivity contribution in [3.05, 3.63) is 16.6 Å². The highest BCUT2D eigenvalue weighted by Gasteiger charge is 2.28. The summed E-state index contributed by atoms with van der Waals surface area (Å²) in [4.78, 5) is 16.1. The number of Topliss-reactive ketones (excluding diaryl/α,β-unsaturated/α-hetero) is 1. The minimum Gasteiger partial charge on any atom is -0.327 e. The summed E-state index contributed by atoms with van der Waals surface area (Å²) in [6, 6.07) is 0.0752. The highest BCUT2D eigenvalue weighted by atomic mass is 32.1. The maximum atomic E-state index is 12.0. The fraction of sp³-hybridized carbons (Fsp3) is 0.636. The number of ketones is 1. The van der Waals surface area contributed by atoms with E-state index in [4.69, 9.17) is 5.73 Å². The standard InChI is InChI=1S/C11H16N2OS/c12-9-4-2-1-3-8(9)10(14)7-11-13-5-6-15-11/h5-6,8-9H,1-4,7,12H2. The molecule has 0 aliphatic heterocycles. The Morgan fingerprint density at radius 3 is 3.00 bits per heavy atom. The van der Waals surface area contributed by atoms with Crippen molar-refractivity contribution in [2.45, 2.75) is 38.1 Å². The molecule has 1 aliphatic carbocycles. The first-order valence-corrected chi connectivity index (χ1v) is 6.32. The molecule has 0 amide bonds. The molecule has 0 bridgehead atoms. The second kappa shape index (κ2) is 4.86. The Hall–Kier alpha value is -0.740. The third-order valence-corrected chi connectivity index (χ3v) is 3.82. The molecule has 1 fully saturated rings. The van der Waals surface area contributed by atoms with E-state index in [1.165, 1.54) is 6.42 Å². The Morgan fingerprint density at radius 1 is 1.53 bits per heavy atom. The van der Waals surface area contributed by atoms with E-state index < -0.39 is 0 Å². The van der Waals surface area contributed by atoms with Gasteiger partial charge in [0.1, 0.15) is 5.78 Å². The fourth-order valence-corrected chi connectivity index (χ4v) is 2.81. The van der Waals surface area contributed by atoms with Gasteiger partial charge in [-0.1, -0.05) is 12.8 Å². The first kappa shape index (κ1) is 10.8. The van der Waals surface area contributed by atoms with Crippen LogP contribution in [-0.2, 0) is 11.2 Å². The Kier molecular flexibility index (Phi) is 3.49. The zero-order valence-corrected chi connectivity index (χ0v) is 9.50. The van der Waals surface area contributed by atoms with Gasteiger partial charge in [-0.3, -0.25) is 4.79 Å². The van der Waals surface area contributed by atoms with Crippen LogP contribution in [0, 0.1) is 5.92 Å². The topological polar surface area (TPSA) is 56.0 Å². The van der Waals surface area contributed by atoms with Crippen molar-refractivity contribution < 1.29 is 4.79 Å². The Bertz CT molecular complexity index is 323. The minimum absolute atomic E-state index is 0.0719. The van der Waals surface area contributed by atoms with E-state index in [9.17, 15) is 4.79 Å². The second-order valence-corrected chi connectivity index (χ2v) is 5.10. The van der Waals surface area contributed by atoms with Crippen LogP contribution >= 0.6 is 11.3 Å². The molecule has 3 nitrogen and oxygen atoms in total. The molecule has 1 aromatic heterocycles. The van der Waals surface area contributed by atoms with E-state index in [0.717, 1.165) is 24.3 Å². The van der Waals surface area contributed by atoms with Crippen LogP contribution in [0.1, 0.15) is 30.7 Å². The highest BCUT2D eigenvalue weighted by molar-refractivity contribution is 7.09. The average molecular weight is 224 g/mol. The fourth-order valence-electron chi connectivity index (χ4n) is 2.18. The number of hydrogen-bond donors (Lipinski definition) is 1. The molecule has 0 saturated heterocycles. The van der Waals surface area contributed by atoms with Crippen LogP contribution in [0.4, 0.5) is 0 Å². The van der Waals surface area contributed by atoms with Crippen LogP contribution in [0.5, 0.6) is 0 Å². The average Bonchev–Trinajstić information content (AvgIpc) is 2.71. The van der Waals surface area contributed by atoms with E-state index in [2.05, 4.69) is 4.98 Å². The summed E-state index contributed by atoms with van der Waals surface area (Å²) in [5, 5.41) is 2.82. The zero-order chi connectivity index (χ0) is 10.7. The van der Waals surface area contributed by atoms with Crippen molar-refractivity contribution in [3.63, 3.8) is 0 Å². The largest absolute Gasteiger partial charge is 0.327 e. The van der Waals surface area contributed by atoms with Crippen molar-refractivity contribution in [1.82, 2.24) is 4.98 Å². The molecule has 0 radical (unpaired) electrons. The van der Waals surface area contributed by atoms with Crippen molar-refractivity contribution in [2.75, 3.05) is 0 Å². The van der Waals surface area contributed by atoms with Crippen molar-refractivity contribution >= 4 is 17.1 Å². The summed E-state index contributed by atoms with van der Waals surface area (Å²) >= 11 is 1.54. The molecule has 15 heavy (non-hydrogen) atoms. The summed E-state index contributed by atoms with van der Waals surface area (Å²) < 4.78 is 0. The number of nitrogens with two attached hydrogens (primary N) is 1. The van der Waals surface area contributed by atoms with Gasteiger partial charge in [0.2, 0.25) is 0 Å². The van der Waals surface area contributed by atoms with Crippen LogP contribution < -0.4 is 5.73 Å². The molecule has 1 saturated carbocycles. The SMILES string of the molecule is NC1CCCCC1C(=O)Cc1nccs1. The molecule has 1 aromatic rings. The lowest BCUT2D eigenvalue weighted by molar-refractivity contribution is -0.123. The molecule has 2 rings (SSSR count). The molecule has 2 N–H and O–H groups in total. The minimum atomic E-state index is 0.0719. The maximum absolute atomic E-state index is 12.0. The molecule has 0 spiro atoms. The first-order valence-electron chi connectivity index (χ1n) is 5.44. The quantitative estimate of drug-likeness (QED) is 0.851. The molecule has 1 aliphatic rings. The van der Waals surface area contributed by atoms with E-state index in [1.807, 2.05) is 5.38 Å². The van der Waals surface area contributed by atoms with Crippen molar-refractivity contribution in [3.8, 4) is 0 Å². The Morgan fingerprint density at radius 2 is 2.33 bits per heavy atom. The van der Waals surface area contributed by atoms with Crippen LogP contribution in [0.15, 0.2) is 11.6 Å². The molecular formula is C11H16N2OS. The van der Waals surface area contributed by atoms with E-state index in [0.29, 0.717) is 6.42 Å². The highest BCUT2D eigenvalue weighted by Crippen LogP contribution is 2.25. The summed E-state index contributed by atoms with van der Waals surface area (Å²) in [6.07, 6.45) is 6.48. The molecule has 4 heteroatoms. The predicted molar refractivity (Wildman–Crippen MR) is 60.8 cm³/mol. The van der Waals surface area contributed by atoms with E-state index in [-0.39, 0.29) is 17.7 Å².